The number of halogens is 1. The Labute approximate surface area is 137 Å². The number of benzene rings is 2. The van der Waals surface area contributed by atoms with Crippen LogP contribution in [0.3, 0.4) is 0 Å². The zero-order valence-electron chi connectivity index (χ0n) is 12.1. The molecule has 0 fully saturated rings. The van der Waals surface area contributed by atoms with Crippen molar-refractivity contribution in [3.63, 3.8) is 0 Å². The largest absolute Gasteiger partial charge is 0.375 e. The highest BCUT2D eigenvalue weighted by Gasteiger charge is 2.45. The minimum atomic E-state index is -1.61. The molecule has 0 bridgehead atoms. The molecule has 4 nitrogen and oxygen atoms in total. The topological polar surface area (TPSA) is 62.2 Å². The molecule has 1 aromatic heterocycles. The van der Waals surface area contributed by atoms with Crippen molar-refractivity contribution in [3.8, 4) is 0 Å². The minimum absolute atomic E-state index is 0.0943. The quantitative estimate of drug-likeness (QED) is 0.760. The van der Waals surface area contributed by atoms with Gasteiger partial charge in [-0.15, -0.1) is 0 Å². The number of nitrogens with zero attached hydrogens (tertiary/aromatic N) is 1. The fourth-order valence-corrected chi connectivity index (χ4v) is 3.21. The summed E-state index contributed by atoms with van der Waals surface area (Å²) in [7, 11) is 0. The van der Waals surface area contributed by atoms with E-state index in [4.69, 9.17) is 11.6 Å². The average molecular weight is 325 g/mol. The predicted octanol–water partition coefficient (Wildman–Crippen LogP) is 3.27. The van der Waals surface area contributed by atoms with Crippen LogP contribution in [0.15, 0.2) is 54.6 Å². The molecule has 0 radical (unpaired) electrons. The summed E-state index contributed by atoms with van der Waals surface area (Å²) in [6.07, 6.45) is 0.0943. The van der Waals surface area contributed by atoms with E-state index in [1.807, 2.05) is 30.3 Å². The summed E-state index contributed by atoms with van der Waals surface area (Å²) >= 11 is 6.19. The second-order valence-electron chi connectivity index (χ2n) is 5.65. The lowest BCUT2D eigenvalue weighted by Crippen LogP contribution is -2.36. The zero-order valence-corrected chi connectivity index (χ0v) is 12.8. The number of rotatable bonds is 2. The van der Waals surface area contributed by atoms with Crippen LogP contribution in [-0.4, -0.2) is 16.0 Å². The molecule has 5 heteroatoms. The molecule has 114 valence electrons. The summed E-state index contributed by atoms with van der Waals surface area (Å²) in [5, 5.41) is 15.1. The summed E-state index contributed by atoms with van der Waals surface area (Å²) in [5.74, 6) is -0.431. The molecule has 1 atom stereocenters. The molecular formula is C18H13ClN2O2. The number of para-hydroxylation sites is 2. The fraction of sp³-hybridized carbons (Fsp3) is 0.111. The van der Waals surface area contributed by atoms with Crippen LogP contribution in [0, 0.1) is 0 Å². The molecule has 0 aliphatic carbocycles. The molecule has 1 amide bonds. The number of carbonyl (C=O) groups is 1. The maximum Gasteiger partial charge on any atom is 0.261 e. The predicted molar refractivity (Wildman–Crippen MR) is 89.4 cm³/mol. The van der Waals surface area contributed by atoms with E-state index in [1.54, 1.807) is 24.3 Å². The molecule has 0 saturated heterocycles. The lowest BCUT2D eigenvalue weighted by atomic mass is 9.90. The van der Waals surface area contributed by atoms with E-state index in [-0.39, 0.29) is 6.42 Å². The SMILES string of the molecule is O=C1Nc2ccccc2C1(O)Cc1ccc2cccc(Cl)c2n1. The van der Waals surface area contributed by atoms with Crippen molar-refractivity contribution < 1.29 is 9.90 Å². The number of fused-ring (bicyclic) bond motifs is 2. The van der Waals surface area contributed by atoms with E-state index in [0.717, 1.165) is 5.39 Å². The first-order valence-corrected chi connectivity index (χ1v) is 7.63. The van der Waals surface area contributed by atoms with Gasteiger partial charge in [-0.1, -0.05) is 48.0 Å². The van der Waals surface area contributed by atoms with Gasteiger partial charge in [-0.25, -0.2) is 0 Å². The maximum absolute atomic E-state index is 12.3. The van der Waals surface area contributed by atoms with E-state index in [0.29, 0.717) is 27.5 Å². The average Bonchev–Trinajstić information content (AvgIpc) is 2.80. The Kier molecular flexibility index (Phi) is 3.11. The van der Waals surface area contributed by atoms with Gasteiger partial charge in [0.05, 0.1) is 10.5 Å². The molecule has 0 saturated carbocycles. The molecule has 1 unspecified atom stereocenters. The Morgan fingerprint density at radius 2 is 1.91 bits per heavy atom. The zero-order chi connectivity index (χ0) is 16.0. The van der Waals surface area contributed by atoms with Crippen LogP contribution in [0.25, 0.3) is 10.9 Å². The number of nitrogens with one attached hydrogen (secondary N) is 1. The number of hydrogen-bond acceptors (Lipinski definition) is 3. The van der Waals surface area contributed by atoms with Crippen molar-refractivity contribution >= 4 is 34.1 Å². The van der Waals surface area contributed by atoms with Crippen LogP contribution in [0.1, 0.15) is 11.3 Å². The van der Waals surface area contributed by atoms with Gasteiger partial charge in [-0.3, -0.25) is 9.78 Å². The van der Waals surface area contributed by atoms with E-state index < -0.39 is 11.5 Å². The van der Waals surface area contributed by atoms with E-state index >= 15 is 0 Å². The number of pyridine rings is 1. The van der Waals surface area contributed by atoms with Crippen molar-refractivity contribution in [2.24, 2.45) is 0 Å². The molecule has 1 aliphatic rings. The van der Waals surface area contributed by atoms with Crippen molar-refractivity contribution in [1.82, 2.24) is 4.98 Å². The first-order chi connectivity index (χ1) is 11.1. The number of anilines is 1. The fourth-order valence-electron chi connectivity index (χ4n) is 2.99. The van der Waals surface area contributed by atoms with Gasteiger partial charge in [0.15, 0.2) is 5.60 Å². The van der Waals surface area contributed by atoms with Gasteiger partial charge < -0.3 is 10.4 Å². The van der Waals surface area contributed by atoms with Gasteiger partial charge in [-0.2, -0.15) is 0 Å². The van der Waals surface area contributed by atoms with Crippen LogP contribution in [0.2, 0.25) is 5.02 Å². The summed E-state index contributed by atoms with van der Waals surface area (Å²) in [5.41, 5.74) is 0.880. The normalized spacial score (nSPS) is 19.7. The Morgan fingerprint density at radius 3 is 2.78 bits per heavy atom. The molecule has 1 aliphatic heterocycles. The second-order valence-corrected chi connectivity index (χ2v) is 6.06. The molecule has 0 spiro atoms. The maximum atomic E-state index is 12.3. The lowest BCUT2D eigenvalue weighted by molar-refractivity contribution is -0.133. The van der Waals surface area contributed by atoms with Crippen molar-refractivity contribution in [1.29, 1.82) is 0 Å². The standard InChI is InChI=1S/C18H13ClN2O2/c19-14-6-3-4-11-8-9-12(20-16(11)14)10-18(23)13-5-1-2-7-15(13)21-17(18)22/h1-9,23H,10H2,(H,21,22). The number of amides is 1. The van der Waals surface area contributed by atoms with Crippen LogP contribution in [0.4, 0.5) is 5.69 Å². The van der Waals surface area contributed by atoms with E-state index in [1.165, 1.54) is 0 Å². The van der Waals surface area contributed by atoms with Crippen LogP contribution >= 0.6 is 11.6 Å². The Morgan fingerprint density at radius 1 is 1.09 bits per heavy atom. The minimum Gasteiger partial charge on any atom is -0.375 e. The molecule has 3 aromatic rings. The Bertz CT molecular complexity index is 941. The Hall–Kier alpha value is -2.43. The summed E-state index contributed by atoms with van der Waals surface area (Å²) in [6, 6.07) is 16.4. The molecule has 2 N–H and O–H groups in total. The van der Waals surface area contributed by atoms with Crippen LogP contribution < -0.4 is 5.32 Å². The molecule has 23 heavy (non-hydrogen) atoms. The number of aromatic nitrogens is 1. The monoisotopic (exact) mass is 324 g/mol. The molecule has 4 rings (SSSR count). The van der Waals surface area contributed by atoms with Gasteiger partial charge in [0.1, 0.15) is 0 Å². The van der Waals surface area contributed by atoms with Crippen LogP contribution in [0.5, 0.6) is 0 Å². The highest BCUT2D eigenvalue weighted by Crippen LogP contribution is 2.38. The van der Waals surface area contributed by atoms with Gasteiger partial charge >= 0.3 is 0 Å². The summed E-state index contributed by atoms with van der Waals surface area (Å²) in [4.78, 5) is 16.8. The van der Waals surface area contributed by atoms with E-state index in [9.17, 15) is 9.90 Å². The first kappa shape index (κ1) is 14.2. The number of aliphatic hydroxyl groups is 1. The van der Waals surface area contributed by atoms with Crippen molar-refractivity contribution in [2.45, 2.75) is 12.0 Å². The van der Waals surface area contributed by atoms with Crippen molar-refractivity contribution in [3.05, 3.63) is 70.9 Å². The number of hydrogen-bond donors (Lipinski definition) is 2. The third-order valence-electron chi connectivity index (χ3n) is 4.16. The number of carbonyl (C=O) groups excluding carboxylic acids is 1. The van der Waals surface area contributed by atoms with Gasteiger partial charge in [-0.05, 0) is 18.2 Å². The highest BCUT2D eigenvalue weighted by molar-refractivity contribution is 6.35. The highest BCUT2D eigenvalue weighted by atomic mass is 35.5. The lowest BCUT2D eigenvalue weighted by Gasteiger charge is -2.20. The van der Waals surface area contributed by atoms with Crippen LogP contribution in [-0.2, 0) is 16.8 Å². The third kappa shape index (κ3) is 2.19. The molecule has 2 aromatic carbocycles. The summed E-state index contributed by atoms with van der Waals surface area (Å²) < 4.78 is 0. The first-order valence-electron chi connectivity index (χ1n) is 7.25. The summed E-state index contributed by atoms with van der Waals surface area (Å²) in [6.45, 7) is 0. The third-order valence-corrected chi connectivity index (χ3v) is 4.47. The van der Waals surface area contributed by atoms with Gasteiger partial charge in [0, 0.05) is 28.8 Å². The molecular weight excluding hydrogens is 312 g/mol. The second kappa shape index (κ2) is 5.05. The Balaban J connectivity index is 1.78. The van der Waals surface area contributed by atoms with Gasteiger partial charge in [0.25, 0.3) is 5.91 Å². The van der Waals surface area contributed by atoms with Crippen molar-refractivity contribution in [2.75, 3.05) is 5.32 Å². The van der Waals surface area contributed by atoms with Gasteiger partial charge in [0.2, 0.25) is 0 Å². The smallest absolute Gasteiger partial charge is 0.261 e. The van der Waals surface area contributed by atoms with E-state index in [2.05, 4.69) is 10.3 Å². The molecule has 2 heterocycles.